The third-order valence-corrected chi connectivity index (χ3v) is 9.30. The number of anilines is 2. The number of fused-ring (bicyclic) bond motifs is 6. The third-order valence-electron chi connectivity index (χ3n) is 7.33. The highest BCUT2D eigenvalue weighted by Gasteiger charge is 2.54. The third kappa shape index (κ3) is 5.31. The summed E-state index contributed by atoms with van der Waals surface area (Å²) in [5.41, 5.74) is 10.8. The highest BCUT2D eigenvalue weighted by atomic mass is 31.2. The second-order valence-corrected chi connectivity index (χ2v) is 13.0. The molecule has 7 rings (SSSR count). The molecule has 0 aliphatic carbocycles. The summed E-state index contributed by atoms with van der Waals surface area (Å²) in [7, 11) is -10.2. The van der Waals surface area contributed by atoms with Gasteiger partial charge in [-0.25, -0.2) is 29.1 Å². The zero-order chi connectivity index (χ0) is 31.8. The molecule has 3 aliphatic heterocycles. The molecule has 4 bridgehead atoms. The first kappa shape index (κ1) is 30.2. The molecule has 9 N–H and O–H groups in total. The molecule has 0 aromatic carbocycles. The van der Waals surface area contributed by atoms with Crippen molar-refractivity contribution in [2.45, 2.75) is 49.1 Å². The van der Waals surface area contributed by atoms with E-state index in [2.05, 4.69) is 29.9 Å². The number of aromatic nitrogens is 8. The van der Waals surface area contributed by atoms with Crippen LogP contribution >= 0.6 is 15.6 Å². The van der Waals surface area contributed by atoms with Gasteiger partial charge in [0.1, 0.15) is 48.5 Å². The number of aliphatic hydroxyl groups is 2. The minimum atomic E-state index is -5.09. The van der Waals surface area contributed by atoms with Gasteiger partial charge in [-0.15, -0.1) is 0 Å². The number of hydrogen-bond acceptors (Lipinski definition) is 18. The van der Waals surface area contributed by atoms with E-state index in [0.29, 0.717) is 0 Å². The summed E-state index contributed by atoms with van der Waals surface area (Å²) in [6, 6.07) is 0. The molecule has 0 amide bonds. The van der Waals surface area contributed by atoms with Crippen molar-refractivity contribution in [3.8, 4) is 0 Å². The molecular weight excluding hydrogens is 650 g/mol. The van der Waals surface area contributed by atoms with Crippen LogP contribution in [0.3, 0.4) is 0 Å². The maximum Gasteiger partial charge on any atom is 0.472 e. The molecule has 7 heterocycles. The van der Waals surface area contributed by atoms with Gasteiger partial charge >= 0.3 is 15.6 Å². The van der Waals surface area contributed by atoms with Crippen LogP contribution in [0.4, 0.5) is 11.8 Å². The van der Waals surface area contributed by atoms with Crippen molar-refractivity contribution in [1.29, 1.82) is 0 Å². The fourth-order valence-electron chi connectivity index (χ4n) is 5.28. The van der Waals surface area contributed by atoms with Crippen molar-refractivity contribution in [2.24, 2.45) is 0 Å². The first-order valence-electron chi connectivity index (χ1n) is 13.0. The Balaban J connectivity index is 1.23. The fraction of sp³-hybridized carbons (Fsp3) is 0.500. The van der Waals surface area contributed by atoms with E-state index in [9.17, 15) is 33.9 Å². The lowest BCUT2D eigenvalue weighted by Gasteiger charge is -2.26. The topological polar surface area (TPSA) is 330 Å². The second-order valence-electron chi connectivity index (χ2n) is 10.1. The van der Waals surface area contributed by atoms with Crippen LogP contribution < -0.4 is 17.0 Å². The number of imidazole rings is 2. The van der Waals surface area contributed by atoms with Crippen molar-refractivity contribution in [3.63, 3.8) is 0 Å². The first-order chi connectivity index (χ1) is 21.3. The van der Waals surface area contributed by atoms with Gasteiger partial charge in [0, 0.05) is 0 Å². The van der Waals surface area contributed by atoms with Gasteiger partial charge in [-0.1, -0.05) is 0 Å². The van der Waals surface area contributed by atoms with Crippen LogP contribution in [0.5, 0.6) is 0 Å². The molecule has 45 heavy (non-hydrogen) atoms. The second kappa shape index (κ2) is 10.8. The van der Waals surface area contributed by atoms with Gasteiger partial charge in [0.05, 0.1) is 25.9 Å². The van der Waals surface area contributed by atoms with Crippen molar-refractivity contribution in [3.05, 3.63) is 29.3 Å². The lowest BCUT2D eigenvalue weighted by Crippen LogP contribution is -2.38. The molecule has 3 fully saturated rings. The highest BCUT2D eigenvalue weighted by Crippen LogP contribution is 2.53. The van der Waals surface area contributed by atoms with Crippen LogP contribution in [-0.4, -0.2) is 109 Å². The fourth-order valence-corrected chi connectivity index (χ4v) is 7.14. The number of nitrogens with two attached hydrogens (primary N) is 2. The summed E-state index contributed by atoms with van der Waals surface area (Å²) in [4.78, 5) is 55.8. The predicted molar refractivity (Wildman–Crippen MR) is 143 cm³/mol. The van der Waals surface area contributed by atoms with Crippen LogP contribution in [0.15, 0.2) is 23.8 Å². The van der Waals surface area contributed by atoms with Crippen LogP contribution in [0, 0.1) is 0 Å². The summed E-state index contributed by atoms with van der Waals surface area (Å²) in [5.74, 6) is -0.270. The van der Waals surface area contributed by atoms with Gasteiger partial charge in [0.25, 0.3) is 5.56 Å². The minimum absolute atomic E-state index is 0.0178. The number of phosphoric ester groups is 2. The summed E-state index contributed by atoms with van der Waals surface area (Å²) >= 11 is 0. The van der Waals surface area contributed by atoms with Gasteiger partial charge in [-0.05, 0) is 0 Å². The normalized spacial score (nSPS) is 37.7. The quantitative estimate of drug-likeness (QED) is 0.109. The van der Waals surface area contributed by atoms with Crippen LogP contribution in [-0.2, 0) is 36.7 Å². The summed E-state index contributed by atoms with van der Waals surface area (Å²) in [6.07, 6.45) is -9.33. The molecule has 242 valence electrons. The highest BCUT2D eigenvalue weighted by molar-refractivity contribution is 7.47. The Morgan fingerprint density at radius 3 is 1.93 bits per heavy atom. The lowest BCUT2D eigenvalue weighted by molar-refractivity contribution is -0.0675. The van der Waals surface area contributed by atoms with Gasteiger partial charge < -0.3 is 40.9 Å². The van der Waals surface area contributed by atoms with Gasteiger partial charge in [0.15, 0.2) is 35.1 Å². The van der Waals surface area contributed by atoms with E-state index < -0.39 is 83.5 Å². The number of aromatic amines is 1. The molecule has 4 aromatic heterocycles. The Kier molecular flexibility index (Phi) is 7.27. The minimum Gasteiger partial charge on any atom is -0.387 e. The molecule has 0 saturated carbocycles. The number of nitrogens with zero attached hydrogens (tertiary/aromatic N) is 7. The lowest BCUT2D eigenvalue weighted by atomic mass is 10.1. The summed E-state index contributed by atoms with van der Waals surface area (Å²) in [6.45, 7) is -1.65. The van der Waals surface area contributed by atoms with Crippen molar-refractivity contribution >= 4 is 49.7 Å². The van der Waals surface area contributed by atoms with E-state index in [0.717, 1.165) is 17.2 Å². The maximum absolute atomic E-state index is 13.2. The first-order valence-corrected chi connectivity index (χ1v) is 15.9. The zero-order valence-corrected chi connectivity index (χ0v) is 24.2. The zero-order valence-electron chi connectivity index (χ0n) is 22.4. The molecule has 23 nitrogen and oxygen atoms in total. The largest absolute Gasteiger partial charge is 0.472 e. The average Bonchev–Trinajstić information content (AvgIpc) is 3.72. The predicted octanol–water partition coefficient (Wildman–Crippen LogP) is -2.34. The molecular formula is C20H24N10O13P2. The molecule has 3 saturated heterocycles. The van der Waals surface area contributed by atoms with E-state index in [1.165, 1.54) is 10.9 Å². The van der Waals surface area contributed by atoms with E-state index in [1.54, 1.807) is 0 Å². The number of nitrogens with one attached hydrogen (secondary N) is 1. The Morgan fingerprint density at radius 1 is 0.822 bits per heavy atom. The van der Waals surface area contributed by atoms with Gasteiger partial charge in [0.2, 0.25) is 5.95 Å². The van der Waals surface area contributed by atoms with Gasteiger partial charge in [-0.2, -0.15) is 4.98 Å². The summed E-state index contributed by atoms with van der Waals surface area (Å²) in [5, 5.41) is 22.1. The van der Waals surface area contributed by atoms with Crippen LogP contribution in [0.1, 0.15) is 12.5 Å². The Labute approximate surface area is 248 Å². The van der Waals surface area contributed by atoms with E-state index in [-0.39, 0.29) is 34.1 Å². The van der Waals surface area contributed by atoms with Crippen molar-refractivity contribution in [2.75, 3.05) is 24.7 Å². The molecule has 0 radical (unpaired) electrons. The molecule has 4 unspecified atom stereocenters. The Morgan fingerprint density at radius 2 is 1.36 bits per heavy atom. The van der Waals surface area contributed by atoms with E-state index in [1.807, 2.05) is 0 Å². The number of rotatable bonds is 2. The molecule has 4 aromatic rings. The van der Waals surface area contributed by atoms with Crippen LogP contribution in [0.25, 0.3) is 22.3 Å². The molecule has 10 atom stereocenters. The van der Waals surface area contributed by atoms with E-state index in [4.69, 9.17) is 39.0 Å². The number of ether oxygens (including phenoxy) is 2. The molecule has 25 heteroatoms. The number of H-pyrrole nitrogens is 1. The number of nitrogen functional groups attached to an aromatic ring is 2. The Hall–Kier alpha value is -3.44. The SMILES string of the molecule is Nc1nc2c(ncn2[C@@H]2O[C@@H]3COP(=O)(O)O[C@@H]4C(O)[C@@H](COP(=O)(O)O[C@@H]2C3O)O[C@H]4n2cnc3c(N)ncnc32)c(=O)[nH]1. The maximum atomic E-state index is 13.2. The smallest absolute Gasteiger partial charge is 0.387 e. The average molecular weight is 674 g/mol. The molecule has 3 aliphatic rings. The number of aliphatic hydroxyl groups excluding tert-OH is 2. The number of hydrogen-bond donors (Lipinski definition) is 7. The van der Waals surface area contributed by atoms with E-state index >= 15 is 0 Å². The van der Waals surface area contributed by atoms with Crippen molar-refractivity contribution in [1.82, 2.24) is 39.0 Å². The number of phosphoric acid groups is 2. The monoisotopic (exact) mass is 674 g/mol. The van der Waals surface area contributed by atoms with Crippen LogP contribution in [0.2, 0.25) is 0 Å². The van der Waals surface area contributed by atoms with Gasteiger partial charge in [-0.3, -0.25) is 37.0 Å². The standard InChI is InChI=1S/C20H24N10O13P2/c21-14-8-15(24-3-23-14)29(4-25-8)18-12-10(31)6(40-18)1-38-45(36,37)43-13-11(32)7(2-39-44(34,35)42-12)41-19(13)30-5-26-9-16(30)27-20(22)28-17(9)33/h3-7,10-13,18-19,31-32H,1-2H2,(H,34,35)(H,36,37)(H2,21,23,24)(H3,22,27,28,33)/t6-,7-,10?,11?,12-,13-,18-,19-/m1/s1. The van der Waals surface area contributed by atoms with Crippen molar-refractivity contribution < 1.29 is 56.7 Å². The molecule has 0 spiro atoms. The summed E-state index contributed by atoms with van der Waals surface area (Å²) < 4.78 is 61.2. The Bertz CT molecular complexity index is 1940.